The molecule has 2 nitrogen and oxygen atoms in total. The second kappa shape index (κ2) is 3.55. The van der Waals surface area contributed by atoms with Crippen LogP contribution in [0, 0.1) is 5.92 Å². The lowest BCUT2D eigenvalue weighted by atomic mass is 9.89. The standard InChI is InChI=1S/C11H14BrNOS/c12-10-4-3-9(15-10)5-13-6-11(14,7-13)8-1-2-8/h3-4,8,14H,1-2,5-7H2. The van der Waals surface area contributed by atoms with Crippen LogP contribution < -0.4 is 0 Å². The lowest BCUT2D eigenvalue weighted by Gasteiger charge is -2.47. The van der Waals surface area contributed by atoms with E-state index < -0.39 is 0 Å². The molecular formula is C11H14BrNOS. The molecule has 0 unspecified atom stereocenters. The van der Waals surface area contributed by atoms with Crippen LogP contribution in [0.2, 0.25) is 0 Å². The van der Waals surface area contributed by atoms with E-state index >= 15 is 0 Å². The topological polar surface area (TPSA) is 23.5 Å². The van der Waals surface area contributed by atoms with E-state index in [1.807, 2.05) is 0 Å². The highest BCUT2D eigenvalue weighted by atomic mass is 79.9. The van der Waals surface area contributed by atoms with Gasteiger partial charge in [0.25, 0.3) is 0 Å². The molecule has 3 rings (SSSR count). The summed E-state index contributed by atoms with van der Waals surface area (Å²) in [5.74, 6) is 0.601. The Kier molecular flexibility index (Phi) is 2.43. The fourth-order valence-corrected chi connectivity index (χ4v) is 3.90. The van der Waals surface area contributed by atoms with Crippen molar-refractivity contribution in [1.29, 1.82) is 0 Å². The van der Waals surface area contributed by atoms with Gasteiger partial charge < -0.3 is 5.11 Å². The summed E-state index contributed by atoms with van der Waals surface area (Å²) >= 11 is 5.25. The Morgan fingerprint density at radius 3 is 2.73 bits per heavy atom. The van der Waals surface area contributed by atoms with Crippen LogP contribution in [-0.2, 0) is 6.54 Å². The molecule has 15 heavy (non-hydrogen) atoms. The molecule has 1 aliphatic carbocycles. The Morgan fingerprint density at radius 1 is 1.47 bits per heavy atom. The first-order chi connectivity index (χ1) is 7.16. The van der Waals surface area contributed by atoms with Crippen LogP contribution >= 0.6 is 27.3 Å². The lowest BCUT2D eigenvalue weighted by molar-refractivity contribution is -0.116. The molecule has 0 aromatic carbocycles. The Hall–Kier alpha value is 0.1000. The van der Waals surface area contributed by atoms with Crippen LogP contribution in [0.3, 0.4) is 0 Å². The van der Waals surface area contributed by atoms with Crippen molar-refractivity contribution in [1.82, 2.24) is 4.90 Å². The third-order valence-electron chi connectivity index (χ3n) is 3.34. The molecule has 1 N–H and O–H groups in total. The maximum absolute atomic E-state index is 10.2. The number of thiophene rings is 1. The molecule has 4 heteroatoms. The van der Waals surface area contributed by atoms with E-state index in [2.05, 4.69) is 33.0 Å². The summed E-state index contributed by atoms with van der Waals surface area (Å²) in [6.45, 7) is 2.73. The smallest absolute Gasteiger partial charge is 0.0928 e. The average molecular weight is 288 g/mol. The summed E-state index contributed by atoms with van der Waals surface area (Å²) in [6, 6.07) is 4.25. The second-order valence-electron chi connectivity index (χ2n) is 4.73. The normalized spacial score (nSPS) is 25.2. The first-order valence-electron chi connectivity index (χ1n) is 5.35. The molecule has 2 heterocycles. The Balaban J connectivity index is 1.55. The van der Waals surface area contributed by atoms with Crippen LogP contribution in [0.5, 0.6) is 0 Å². The summed E-state index contributed by atoms with van der Waals surface area (Å²) in [5, 5.41) is 10.2. The lowest BCUT2D eigenvalue weighted by Crippen LogP contribution is -2.62. The van der Waals surface area contributed by atoms with Crippen molar-refractivity contribution < 1.29 is 5.11 Å². The van der Waals surface area contributed by atoms with Crippen molar-refractivity contribution in [2.75, 3.05) is 13.1 Å². The van der Waals surface area contributed by atoms with Crippen molar-refractivity contribution in [3.05, 3.63) is 20.8 Å². The predicted molar refractivity (Wildman–Crippen MR) is 65.0 cm³/mol. The van der Waals surface area contributed by atoms with Gasteiger partial charge in [0.2, 0.25) is 0 Å². The number of likely N-dealkylation sites (tertiary alicyclic amines) is 1. The van der Waals surface area contributed by atoms with Crippen molar-refractivity contribution in [3.63, 3.8) is 0 Å². The number of aliphatic hydroxyl groups is 1. The van der Waals surface area contributed by atoms with Gasteiger partial charge in [-0.05, 0) is 46.8 Å². The minimum absolute atomic E-state index is 0.339. The van der Waals surface area contributed by atoms with Crippen molar-refractivity contribution in [2.24, 2.45) is 5.92 Å². The summed E-state index contributed by atoms with van der Waals surface area (Å²) in [4.78, 5) is 3.70. The summed E-state index contributed by atoms with van der Waals surface area (Å²) in [7, 11) is 0. The molecule has 82 valence electrons. The second-order valence-corrected chi connectivity index (χ2v) is 7.28. The Morgan fingerprint density at radius 2 is 2.20 bits per heavy atom. The highest BCUT2D eigenvalue weighted by molar-refractivity contribution is 9.11. The number of rotatable bonds is 3. The van der Waals surface area contributed by atoms with Gasteiger partial charge in [0, 0.05) is 24.5 Å². The van der Waals surface area contributed by atoms with Gasteiger partial charge >= 0.3 is 0 Å². The van der Waals surface area contributed by atoms with E-state index in [-0.39, 0.29) is 5.60 Å². The molecule has 1 aromatic rings. The fourth-order valence-electron chi connectivity index (χ4n) is 2.38. The maximum Gasteiger partial charge on any atom is 0.0928 e. The molecule has 1 aromatic heterocycles. The predicted octanol–water partition coefficient (Wildman–Crippen LogP) is 2.47. The molecule has 1 aliphatic heterocycles. The van der Waals surface area contributed by atoms with Gasteiger partial charge in [0.05, 0.1) is 9.39 Å². The third kappa shape index (κ3) is 2.00. The fraction of sp³-hybridized carbons (Fsp3) is 0.636. The van der Waals surface area contributed by atoms with Crippen LogP contribution in [0.1, 0.15) is 17.7 Å². The van der Waals surface area contributed by atoms with Crippen LogP contribution in [0.25, 0.3) is 0 Å². The summed E-state index contributed by atoms with van der Waals surface area (Å²) in [5.41, 5.74) is -0.339. The first kappa shape index (κ1) is 10.3. The zero-order valence-electron chi connectivity index (χ0n) is 8.45. The van der Waals surface area contributed by atoms with Gasteiger partial charge in [-0.15, -0.1) is 11.3 Å². The Bertz CT molecular complexity index is 368. The van der Waals surface area contributed by atoms with Crippen LogP contribution in [0.15, 0.2) is 15.9 Å². The van der Waals surface area contributed by atoms with Crippen LogP contribution in [0.4, 0.5) is 0 Å². The molecule has 0 amide bonds. The van der Waals surface area contributed by atoms with Crippen molar-refractivity contribution in [3.8, 4) is 0 Å². The van der Waals surface area contributed by atoms with Gasteiger partial charge in [0.1, 0.15) is 0 Å². The highest BCUT2D eigenvalue weighted by Crippen LogP contribution is 2.45. The van der Waals surface area contributed by atoms with Crippen molar-refractivity contribution >= 4 is 27.3 Å². The van der Waals surface area contributed by atoms with Gasteiger partial charge in [-0.3, -0.25) is 4.90 Å². The molecule has 0 atom stereocenters. The van der Waals surface area contributed by atoms with Gasteiger partial charge in [-0.2, -0.15) is 0 Å². The quantitative estimate of drug-likeness (QED) is 0.923. The third-order valence-corrected chi connectivity index (χ3v) is 4.95. The molecular weight excluding hydrogens is 274 g/mol. The molecule has 1 saturated heterocycles. The molecule has 0 bridgehead atoms. The largest absolute Gasteiger partial charge is 0.387 e. The van der Waals surface area contributed by atoms with E-state index in [0.29, 0.717) is 5.92 Å². The van der Waals surface area contributed by atoms with Gasteiger partial charge in [0.15, 0.2) is 0 Å². The molecule has 0 spiro atoms. The first-order valence-corrected chi connectivity index (χ1v) is 6.96. The number of halogens is 1. The maximum atomic E-state index is 10.2. The highest BCUT2D eigenvalue weighted by Gasteiger charge is 2.51. The number of β-amino-alcohol motifs (C(OH)–C–C–N with tert-alkyl or cyclic N) is 1. The van der Waals surface area contributed by atoms with Gasteiger partial charge in [-0.1, -0.05) is 0 Å². The number of nitrogens with zero attached hydrogens (tertiary/aromatic N) is 1. The van der Waals surface area contributed by atoms with E-state index in [4.69, 9.17) is 0 Å². The van der Waals surface area contributed by atoms with E-state index in [9.17, 15) is 5.11 Å². The zero-order valence-corrected chi connectivity index (χ0v) is 10.9. The molecule has 1 saturated carbocycles. The monoisotopic (exact) mass is 287 g/mol. The zero-order chi connectivity index (χ0) is 10.5. The number of hydrogen-bond acceptors (Lipinski definition) is 3. The van der Waals surface area contributed by atoms with E-state index in [1.54, 1.807) is 11.3 Å². The minimum atomic E-state index is -0.339. The molecule has 2 aliphatic rings. The molecule has 2 fully saturated rings. The SMILES string of the molecule is OC1(C2CC2)CN(Cc2ccc(Br)s2)C1. The summed E-state index contributed by atoms with van der Waals surface area (Å²) in [6.07, 6.45) is 2.46. The van der Waals surface area contributed by atoms with E-state index in [1.165, 1.54) is 21.5 Å². The van der Waals surface area contributed by atoms with Crippen molar-refractivity contribution in [2.45, 2.75) is 25.0 Å². The average Bonchev–Trinajstić information content (AvgIpc) is 2.90. The van der Waals surface area contributed by atoms with Crippen LogP contribution in [-0.4, -0.2) is 28.7 Å². The Labute approximate surface area is 102 Å². The number of hydrogen-bond donors (Lipinski definition) is 1. The van der Waals surface area contributed by atoms with Gasteiger partial charge in [-0.25, -0.2) is 0 Å². The van der Waals surface area contributed by atoms with E-state index in [0.717, 1.165) is 19.6 Å². The molecule has 0 radical (unpaired) electrons. The summed E-state index contributed by atoms with van der Waals surface area (Å²) < 4.78 is 1.19. The minimum Gasteiger partial charge on any atom is -0.387 e.